The average molecular weight is 399 g/mol. The Kier molecular flexibility index (Phi) is 5.23. The van der Waals surface area contributed by atoms with E-state index in [1.54, 1.807) is 4.90 Å². The summed E-state index contributed by atoms with van der Waals surface area (Å²) < 4.78 is 11.4. The highest BCUT2D eigenvalue weighted by Gasteiger charge is 2.40. The quantitative estimate of drug-likeness (QED) is 0.765. The number of para-hydroxylation sites is 2. The summed E-state index contributed by atoms with van der Waals surface area (Å²) in [4.78, 5) is 33.9. The van der Waals surface area contributed by atoms with Crippen molar-refractivity contribution < 1.29 is 18.7 Å². The van der Waals surface area contributed by atoms with E-state index in [-0.39, 0.29) is 11.8 Å². The second-order valence-electron chi connectivity index (χ2n) is 8.97. The van der Waals surface area contributed by atoms with Crippen LogP contribution < -0.4 is 0 Å². The molecule has 7 nitrogen and oxygen atoms in total. The van der Waals surface area contributed by atoms with Gasteiger partial charge in [-0.25, -0.2) is 9.78 Å². The lowest BCUT2D eigenvalue weighted by molar-refractivity contribution is -0.137. The highest BCUT2D eigenvalue weighted by Crippen LogP contribution is 2.31. The Labute approximate surface area is 171 Å². The minimum Gasteiger partial charge on any atom is -0.444 e. The van der Waals surface area contributed by atoms with Crippen LogP contribution in [0.4, 0.5) is 4.79 Å². The van der Waals surface area contributed by atoms with Gasteiger partial charge in [0.2, 0.25) is 5.91 Å². The number of oxazole rings is 1. The van der Waals surface area contributed by atoms with Crippen molar-refractivity contribution in [3.05, 3.63) is 30.2 Å². The van der Waals surface area contributed by atoms with Gasteiger partial charge in [0, 0.05) is 19.6 Å². The van der Waals surface area contributed by atoms with E-state index < -0.39 is 17.7 Å². The van der Waals surface area contributed by atoms with Crippen LogP contribution in [0.25, 0.3) is 11.1 Å². The third-order valence-electron chi connectivity index (χ3n) is 5.56. The highest BCUT2D eigenvalue weighted by molar-refractivity contribution is 5.86. The van der Waals surface area contributed by atoms with Crippen LogP contribution in [0.3, 0.4) is 0 Å². The van der Waals surface area contributed by atoms with E-state index in [0.29, 0.717) is 31.9 Å². The molecule has 156 valence electrons. The van der Waals surface area contributed by atoms with Crippen molar-refractivity contribution in [2.75, 3.05) is 19.6 Å². The van der Waals surface area contributed by atoms with E-state index >= 15 is 0 Å². The third kappa shape index (κ3) is 4.23. The number of nitrogens with zero attached hydrogens (tertiary/aromatic N) is 3. The number of ether oxygens (including phenoxy) is 1. The Bertz CT molecular complexity index is 868. The number of hydrogen-bond donors (Lipinski definition) is 0. The molecule has 2 aromatic rings. The molecule has 0 aliphatic carbocycles. The van der Waals surface area contributed by atoms with Gasteiger partial charge in [-0.05, 0) is 58.6 Å². The Hall–Kier alpha value is -2.57. The second-order valence-corrected chi connectivity index (χ2v) is 8.97. The standard InChI is InChI=1S/C22H29N3O4/c1-22(2,3)29-21(27)25-13-7-10-17(25)20(26)24-12-6-8-15(14-24)19-23-16-9-4-5-11-18(16)28-19/h4-5,9,11,15,17H,6-8,10,12-14H2,1-3H3. The lowest BCUT2D eigenvalue weighted by Crippen LogP contribution is -2.51. The monoisotopic (exact) mass is 399 g/mol. The molecule has 0 N–H and O–H groups in total. The molecule has 2 saturated heterocycles. The highest BCUT2D eigenvalue weighted by atomic mass is 16.6. The maximum atomic E-state index is 13.3. The van der Waals surface area contributed by atoms with Gasteiger partial charge < -0.3 is 14.1 Å². The number of aromatic nitrogens is 1. The smallest absolute Gasteiger partial charge is 0.410 e. The zero-order chi connectivity index (χ0) is 20.6. The minimum atomic E-state index is -0.573. The zero-order valence-electron chi connectivity index (χ0n) is 17.4. The lowest BCUT2D eigenvalue weighted by Gasteiger charge is -2.35. The number of piperidine rings is 1. The lowest BCUT2D eigenvalue weighted by atomic mass is 9.97. The molecule has 4 rings (SSSR count). The van der Waals surface area contributed by atoms with Gasteiger partial charge in [-0.2, -0.15) is 0 Å². The van der Waals surface area contributed by atoms with Gasteiger partial charge in [0.05, 0.1) is 5.92 Å². The van der Waals surface area contributed by atoms with Gasteiger partial charge in [0.15, 0.2) is 11.5 Å². The molecule has 0 radical (unpaired) electrons. The third-order valence-corrected chi connectivity index (χ3v) is 5.56. The van der Waals surface area contributed by atoms with Gasteiger partial charge in [-0.1, -0.05) is 12.1 Å². The van der Waals surface area contributed by atoms with Crippen LogP contribution in [0.2, 0.25) is 0 Å². The summed E-state index contributed by atoms with van der Waals surface area (Å²) in [6, 6.07) is 7.28. The average Bonchev–Trinajstić information content (AvgIpc) is 3.33. The maximum absolute atomic E-state index is 13.3. The molecule has 2 fully saturated rings. The largest absolute Gasteiger partial charge is 0.444 e. The van der Waals surface area contributed by atoms with Crippen molar-refractivity contribution in [1.29, 1.82) is 0 Å². The number of fused-ring (bicyclic) bond motifs is 1. The molecule has 0 bridgehead atoms. The van der Waals surface area contributed by atoms with E-state index in [1.165, 1.54) is 0 Å². The van der Waals surface area contributed by atoms with Gasteiger partial charge in [-0.3, -0.25) is 9.69 Å². The van der Waals surface area contributed by atoms with E-state index in [1.807, 2.05) is 49.9 Å². The fourth-order valence-corrected chi connectivity index (χ4v) is 4.22. The molecule has 1 aromatic carbocycles. The van der Waals surface area contributed by atoms with Crippen LogP contribution in [0.15, 0.2) is 28.7 Å². The fourth-order valence-electron chi connectivity index (χ4n) is 4.22. The summed E-state index contributed by atoms with van der Waals surface area (Å²) in [5.41, 5.74) is 1.05. The maximum Gasteiger partial charge on any atom is 0.410 e. The summed E-state index contributed by atoms with van der Waals surface area (Å²) in [6.07, 6.45) is 2.94. The molecule has 0 spiro atoms. The van der Waals surface area contributed by atoms with Crippen LogP contribution in [0, 0.1) is 0 Å². The normalized spacial score (nSPS) is 22.9. The molecular formula is C22H29N3O4. The molecule has 7 heteroatoms. The predicted octanol–water partition coefficient (Wildman–Crippen LogP) is 3.93. The van der Waals surface area contributed by atoms with Crippen molar-refractivity contribution >= 4 is 23.1 Å². The van der Waals surface area contributed by atoms with Crippen molar-refractivity contribution in [2.24, 2.45) is 0 Å². The summed E-state index contributed by atoms with van der Waals surface area (Å²) >= 11 is 0. The molecule has 2 aliphatic rings. The first-order valence-electron chi connectivity index (χ1n) is 10.5. The van der Waals surface area contributed by atoms with E-state index in [9.17, 15) is 9.59 Å². The van der Waals surface area contributed by atoms with Crippen LogP contribution in [0.1, 0.15) is 58.3 Å². The van der Waals surface area contributed by atoms with Gasteiger partial charge >= 0.3 is 6.09 Å². The predicted molar refractivity (Wildman–Crippen MR) is 109 cm³/mol. The first-order valence-corrected chi connectivity index (χ1v) is 10.5. The molecule has 3 heterocycles. The van der Waals surface area contributed by atoms with Gasteiger partial charge in [0.1, 0.15) is 17.2 Å². The summed E-state index contributed by atoms with van der Waals surface area (Å²) in [6.45, 7) is 7.36. The topological polar surface area (TPSA) is 75.9 Å². The Morgan fingerprint density at radius 2 is 1.90 bits per heavy atom. The van der Waals surface area contributed by atoms with Crippen molar-refractivity contribution in [1.82, 2.24) is 14.8 Å². The number of hydrogen-bond acceptors (Lipinski definition) is 5. The van der Waals surface area contributed by atoms with Gasteiger partial charge in [0.25, 0.3) is 0 Å². The number of carbonyl (C=O) groups excluding carboxylic acids is 2. The number of rotatable bonds is 2. The number of amides is 2. The number of benzene rings is 1. The summed E-state index contributed by atoms with van der Waals surface area (Å²) in [5, 5.41) is 0. The molecule has 2 amide bonds. The molecular weight excluding hydrogens is 370 g/mol. The fraction of sp³-hybridized carbons (Fsp3) is 0.591. The van der Waals surface area contributed by atoms with E-state index in [0.717, 1.165) is 30.4 Å². The van der Waals surface area contributed by atoms with E-state index in [4.69, 9.17) is 9.15 Å². The molecule has 1 aromatic heterocycles. The van der Waals surface area contributed by atoms with Crippen LogP contribution >= 0.6 is 0 Å². The van der Waals surface area contributed by atoms with Gasteiger partial charge in [-0.15, -0.1) is 0 Å². The minimum absolute atomic E-state index is 0.00849. The van der Waals surface area contributed by atoms with Crippen molar-refractivity contribution in [3.63, 3.8) is 0 Å². The van der Waals surface area contributed by atoms with Crippen molar-refractivity contribution in [3.8, 4) is 0 Å². The summed E-state index contributed by atoms with van der Waals surface area (Å²) in [7, 11) is 0. The first-order chi connectivity index (χ1) is 13.8. The summed E-state index contributed by atoms with van der Waals surface area (Å²) in [5.74, 6) is 0.782. The second kappa shape index (κ2) is 7.69. The van der Waals surface area contributed by atoms with Crippen LogP contribution in [0.5, 0.6) is 0 Å². The molecule has 2 aliphatic heterocycles. The van der Waals surface area contributed by atoms with Crippen LogP contribution in [-0.4, -0.2) is 58.1 Å². The molecule has 2 atom stereocenters. The SMILES string of the molecule is CC(C)(C)OC(=O)N1CCCC1C(=O)N1CCCC(c2nc3ccccc3o2)C1. The first kappa shape index (κ1) is 19.7. The number of likely N-dealkylation sites (tertiary alicyclic amines) is 2. The Morgan fingerprint density at radius 1 is 1.14 bits per heavy atom. The van der Waals surface area contributed by atoms with E-state index in [2.05, 4.69) is 4.98 Å². The molecule has 29 heavy (non-hydrogen) atoms. The van der Waals surface area contributed by atoms with Crippen molar-refractivity contribution in [2.45, 2.75) is 64.0 Å². The number of carbonyl (C=O) groups is 2. The van der Waals surface area contributed by atoms with Crippen LogP contribution in [-0.2, 0) is 9.53 Å². The Morgan fingerprint density at radius 3 is 2.66 bits per heavy atom. The molecule has 2 unspecified atom stereocenters. The Balaban J connectivity index is 1.46. The molecule has 0 saturated carbocycles. The zero-order valence-corrected chi connectivity index (χ0v) is 17.4.